The van der Waals surface area contributed by atoms with Crippen molar-refractivity contribution in [3.05, 3.63) is 47.9 Å². The quantitative estimate of drug-likeness (QED) is 0.702. The highest BCUT2D eigenvalue weighted by atomic mass is 19.4. The van der Waals surface area contributed by atoms with E-state index in [1.807, 2.05) is 0 Å². The van der Waals surface area contributed by atoms with E-state index in [0.29, 0.717) is 11.0 Å². The number of ether oxygens (including phenoxy) is 1. The van der Waals surface area contributed by atoms with Crippen LogP contribution in [0.2, 0.25) is 0 Å². The maximum Gasteiger partial charge on any atom is 0.417 e. The van der Waals surface area contributed by atoms with Crippen molar-refractivity contribution in [2.75, 3.05) is 24.6 Å². The Morgan fingerprint density at radius 2 is 1.85 bits per heavy atom. The van der Waals surface area contributed by atoms with Gasteiger partial charge in [0, 0.05) is 18.0 Å². The Labute approximate surface area is 149 Å². The Bertz CT molecular complexity index is 801. The van der Waals surface area contributed by atoms with Crippen LogP contribution in [0.5, 0.6) is 5.88 Å². The van der Waals surface area contributed by atoms with E-state index in [-0.39, 0.29) is 24.7 Å². The molecule has 0 N–H and O–H groups in total. The Hall–Kier alpha value is -3.03. The zero-order chi connectivity index (χ0) is 20.1. The minimum Gasteiger partial charge on any atom is -0.476 e. The third kappa shape index (κ3) is 6.02. The number of nitrogens with zero attached hydrogens (tertiary/aromatic N) is 4. The van der Waals surface area contributed by atoms with Crippen LogP contribution in [0.4, 0.5) is 32.0 Å². The van der Waals surface area contributed by atoms with Gasteiger partial charge in [-0.2, -0.15) is 31.6 Å². The van der Waals surface area contributed by atoms with Crippen molar-refractivity contribution in [3.8, 4) is 11.9 Å². The summed E-state index contributed by atoms with van der Waals surface area (Å²) in [7, 11) is 0. The van der Waals surface area contributed by atoms with E-state index in [1.54, 1.807) is 0 Å². The molecule has 0 aliphatic carbocycles. The summed E-state index contributed by atoms with van der Waals surface area (Å²) in [6.45, 7) is -2.09. The lowest BCUT2D eigenvalue weighted by molar-refractivity contribution is -0.137. The maximum absolute atomic E-state index is 13.1. The first kappa shape index (κ1) is 20.3. The van der Waals surface area contributed by atoms with Crippen LogP contribution in [-0.2, 0) is 6.18 Å². The highest BCUT2D eigenvalue weighted by molar-refractivity contribution is 5.55. The fraction of sp³-hybridized carbons (Fsp3) is 0.312. The molecule has 11 heteroatoms. The Kier molecular flexibility index (Phi) is 6.09. The van der Waals surface area contributed by atoms with Gasteiger partial charge in [0.2, 0.25) is 5.88 Å². The van der Waals surface area contributed by atoms with Gasteiger partial charge >= 0.3 is 12.4 Å². The molecule has 0 amide bonds. The summed E-state index contributed by atoms with van der Waals surface area (Å²) < 4.78 is 82.9. The molecule has 0 aliphatic heterocycles. The second kappa shape index (κ2) is 8.11. The molecule has 0 fully saturated rings. The first-order valence-corrected chi connectivity index (χ1v) is 7.42. The van der Waals surface area contributed by atoms with Gasteiger partial charge in [-0.3, -0.25) is 0 Å². The molecule has 144 valence electrons. The van der Waals surface area contributed by atoms with E-state index >= 15 is 0 Å². The molecule has 0 saturated heterocycles. The predicted molar refractivity (Wildman–Crippen MR) is 82.0 cm³/mol. The number of hydrogen-bond donors (Lipinski definition) is 0. The van der Waals surface area contributed by atoms with Crippen LogP contribution >= 0.6 is 0 Å². The summed E-state index contributed by atoms with van der Waals surface area (Å²) >= 11 is 0. The highest BCUT2D eigenvalue weighted by Gasteiger charge is 2.36. The molecular formula is C16H12F6N4O. The van der Waals surface area contributed by atoms with E-state index in [2.05, 4.69) is 9.97 Å². The molecule has 1 heterocycles. The van der Waals surface area contributed by atoms with Gasteiger partial charge in [-0.1, -0.05) is 0 Å². The van der Waals surface area contributed by atoms with Crippen molar-refractivity contribution in [3.63, 3.8) is 0 Å². The number of hydrogen-bond acceptors (Lipinski definition) is 5. The van der Waals surface area contributed by atoms with Gasteiger partial charge in [0.15, 0.2) is 0 Å². The molecule has 2 rings (SSSR count). The second-order valence-electron chi connectivity index (χ2n) is 5.27. The summed E-state index contributed by atoms with van der Waals surface area (Å²) in [5, 5.41) is 8.79. The van der Waals surface area contributed by atoms with Crippen LogP contribution in [0, 0.1) is 11.3 Å². The van der Waals surface area contributed by atoms with Gasteiger partial charge in [-0.05, 0) is 18.2 Å². The molecule has 0 atom stereocenters. The molecular weight excluding hydrogens is 378 g/mol. The smallest absolute Gasteiger partial charge is 0.417 e. The number of aromatic nitrogens is 2. The van der Waals surface area contributed by atoms with Crippen molar-refractivity contribution < 1.29 is 31.1 Å². The van der Waals surface area contributed by atoms with E-state index in [4.69, 9.17) is 10.00 Å². The van der Waals surface area contributed by atoms with Crippen molar-refractivity contribution in [2.45, 2.75) is 12.4 Å². The largest absolute Gasteiger partial charge is 0.476 e. The molecule has 0 radical (unpaired) electrons. The average molecular weight is 390 g/mol. The summed E-state index contributed by atoms with van der Waals surface area (Å²) in [4.78, 5) is 8.08. The Morgan fingerprint density at radius 1 is 1.11 bits per heavy atom. The van der Waals surface area contributed by atoms with Gasteiger partial charge in [0.25, 0.3) is 0 Å². The van der Waals surface area contributed by atoms with Crippen LogP contribution in [0.25, 0.3) is 0 Å². The van der Waals surface area contributed by atoms with E-state index in [1.165, 1.54) is 24.7 Å². The second-order valence-corrected chi connectivity index (χ2v) is 5.27. The third-order valence-electron chi connectivity index (χ3n) is 3.33. The van der Waals surface area contributed by atoms with Gasteiger partial charge < -0.3 is 9.64 Å². The zero-order valence-corrected chi connectivity index (χ0v) is 13.6. The first-order valence-electron chi connectivity index (χ1n) is 7.42. The fourth-order valence-corrected chi connectivity index (χ4v) is 2.20. The monoisotopic (exact) mass is 390 g/mol. The molecule has 2 aromatic rings. The van der Waals surface area contributed by atoms with Crippen LogP contribution in [0.3, 0.4) is 0 Å². The van der Waals surface area contributed by atoms with E-state index in [0.717, 1.165) is 12.1 Å². The maximum atomic E-state index is 13.1. The van der Waals surface area contributed by atoms with Crippen LogP contribution in [0.1, 0.15) is 11.1 Å². The number of alkyl halides is 6. The lowest BCUT2D eigenvalue weighted by Crippen LogP contribution is -2.37. The molecule has 1 aromatic carbocycles. The third-order valence-corrected chi connectivity index (χ3v) is 3.33. The van der Waals surface area contributed by atoms with Gasteiger partial charge in [-0.15, -0.1) is 0 Å². The fourth-order valence-electron chi connectivity index (χ4n) is 2.20. The number of rotatable bonds is 6. The van der Waals surface area contributed by atoms with Crippen molar-refractivity contribution in [1.29, 1.82) is 5.26 Å². The van der Waals surface area contributed by atoms with Gasteiger partial charge in [-0.25, -0.2) is 9.97 Å². The first-order chi connectivity index (χ1) is 12.6. The summed E-state index contributed by atoms with van der Waals surface area (Å²) in [6.07, 6.45) is -6.98. The van der Waals surface area contributed by atoms with Crippen LogP contribution in [-0.4, -0.2) is 35.8 Å². The lowest BCUT2D eigenvalue weighted by atomic mass is 10.1. The standard InChI is InChI=1S/C16H12F6N4O/c17-15(18,19)9-26(5-6-27-14-3-4-24-10-25-14)12-2-1-11(8-23)13(7-12)16(20,21)22/h1-4,7,10H,5-6,9H2. The van der Waals surface area contributed by atoms with Crippen molar-refractivity contribution in [2.24, 2.45) is 0 Å². The Balaban J connectivity index is 2.24. The minimum atomic E-state index is -4.87. The predicted octanol–water partition coefficient (Wildman–Crippen LogP) is 3.81. The van der Waals surface area contributed by atoms with Crippen molar-refractivity contribution >= 4 is 5.69 Å². The number of halogens is 6. The topological polar surface area (TPSA) is 62.0 Å². The molecule has 5 nitrogen and oxygen atoms in total. The van der Waals surface area contributed by atoms with Crippen LogP contribution in [0.15, 0.2) is 36.8 Å². The van der Waals surface area contributed by atoms with Crippen molar-refractivity contribution in [1.82, 2.24) is 9.97 Å². The number of nitriles is 1. The molecule has 0 bridgehead atoms. The molecule has 0 aliphatic rings. The minimum absolute atomic E-state index is 0.118. The molecule has 0 saturated carbocycles. The average Bonchev–Trinajstić information content (AvgIpc) is 2.59. The summed E-state index contributed by atoms with van der Waals surface area (Å²) in [6, 6.07) is 5.16. The van der Waals surface area contributed by atoms with Gasteiger partial charge in [0.05, 0.1) is 23.7 Å². The van der Waals surface area contributed by atoms with Crippen LogP contribution < -0.4 is 9.64 Å². The summed E-state index contributed by atoms with van der Waals surface area (Å²) in [5.41, 5.74) is -2.30. The van der Waals surface area contributed by atoms with E-state index < -0.39 is 30.0 Å². The normalized spacial score (nSPS) is 11.7. The molecule has 0 spiro atoms. The highest BCUT2D eigenvalue weighted by Crippen LogP contribution is 2.35. The van der Waals surface area contributed by atoms with E-state index in [9.17, 15) is 26.3 Å². The molecule has 1 aromatic heterocycles. The zero-order valence-electron chi connectivity index (χ0n) is 13.6. The SMILES string of the molecule is N#Cc1ccc(N(CCOc2ccncn2)CC(F)(F)F)cc1C(F)(F)F. The molecule has 0 unspecified atom stereocenters. The number of benzene rings is 1. The summed E-state index contributed by atoms with van der Waals surface area (Å²) in [5.74, 6) is 0.118. The molecule has 27 heavy (non-hydrogen) atoms. The Morgan fingerprint density at radius 3 is 2.41 bits per heavy atom. The lowest BCUT2D eigenvalue weighted by Gasteiger charge is -2.26. The number of anilines is 1. The van der Waals surface area contributed by atoms with Gasteiger partial charge in [0.1, 0.15) is 19.5 Å².